The van der Waals surface area contributed by atoms with Crippen LogP contribution in [0.2, 0.25) is 0 Å². The van der Waals surface area contributed by atoms with Crippen molar-refractivity contribution in [2.24, 2.45) is 0 Å². The van der Waals surface area contributed by atoms with E-state index < -0.39 is 4.92 Å². The molecule has 20 heavy (non-hydrogen) atoms. The van der Waals surface area contributed by atoms with Crippen molar-refractivity contribution in [1.29, 1.82) is 0 Å². The number of nitrogen functional groups attached to an aromatic ring is 1. The first kappa shape index (κ1) is 12.7. The Morgan fingerprint density at radius 1 is 1.40 bits per heavy atom. The molecule has 1 fully saturated rings. The van der Waals surface area contributed by atoms with Crippen molar-refractivity contribution in [2.75, 3.05) is 5.73 Å². The Hall–Kier alpha value is -2.37. The van der Waals surface area contributed by atoms with E-state index >= 15 is 0 Å². The van der Waals surface area contributed by atoms with Gasteiger partial charge in [-0.15, -0.1) is 0 Å². The first-order valence-corrected chi connectivity index (χ1v) is 6.62. The van der Waals surface area contributed by atoms with Crippen molar-refractivity contribution in [2.45, 2.75) is 32.2 Å². The van der Waals surface area contributed by atoms with Crippen molar-refractivity contribution >= 4 is 11.5 Å². The summed E-state index contributed by atoms with van der Waals surface area (Å²) < 4.78 is 1.49. The summed E-state index contributed by atoms with van der Waals surface area (Å²) in [5.41, 5.74) is 8.46. The normalized spacial score (nSPS) is 14.4. The zero-order valence-electron chi connectivity index (χ0n) is 11.2. The average Bonchev–Trinajstić information content (AvgIpc) is 3.19. The molecule has 0 amide bonds. The second-order valence-corrected chi connectivity index (χ2v) is 5.25. The van der Waals surface area contributed by atoms with Crippen molar-refractivity contribution in [3.05, 3.63) is 51.2 Å². The zero-order valence-corrected chi connectivity index (χ0v) is 11.2. The lowest BCUT2D eigenvalue weighted by Crippen LogP contribution is -2.06. The van der Waals surface area contributed by atoms with Gasteiger partial charge < -0.3 is 5.73 Å². The third kappa shape index (κ3) is 2.24. The maximum atomic E-state index is 10.9. The minimum Gasteiger partial charge on any atom is -0.378 e. The summed E-state index contributed by atoms with van der Waals surface area (Å²) in [5.74, 6) is 0.834. The summed E-state index contributed by atoms with van der Waals surface area (Å²) in [7, 11) is 0. The van der Waals surface area contributed by atoms with Crippen LogP contribution < -0.4 is 5.73 Å². The molecule has 1 heterocycles. The number of hydrogen-bond donors (Lipinski definition) is 1. The van der Waals surface area contributed by atoms with Gasteiger partial charge >= 0.3 is 5.69 Å². The third-order valence-corrected chi connectivity index (χ3v) is 3.68. The first-order valence-electron chi connectivity index (χ1n) is 6.62. The lowest BCUT2D eigenvalue weighted by molar-refractivity contribution is -0.384. The minimum atomic E-state index is -0.482. The van der Waals surface area contributed by atoms with Gasteiger partial charge in [0.25, 0.3) is 0 Å². The molecule has 1 aromatic heterocycles. The molecule has 6 heteroatoms. The molecule has 3 rings (SSSR count). The minimum absolute atomic E-state index is 0.0976. The van der Waals surface area contributed by atoms with E-state index in [1.165, 1.54) is 23.1 Å². The van der Waals surface area contributed by atoms with Crippen LogP contribution in [0.25, 0.3) is 0 Å². The molecule has 0 bridgehead atoms. The van der Waals surface area contributed by atoms with Gasteiger partial charge in [0.15, 0.2) is 0 Å². The van der Waals surface area contributed by atoms with E-state index in [-0.39, 0.29) is 11.5 Å². The number of aromatic nitrogens is 2. The monoisotopic (exact) mass is 272 g/mol. The lowest BCUT2D eigenvalue weighted by Gasteiger charge is -2.05. The Labute approximate surface area is 116 Å². The van der Waals surface area contributed by atoms with Crippen LogP contribution in [0.1, 0.15) is 35.6 Å². The van der Waals surface area contributed by atoms with Gasteiger partial charge in [0, 0.05) is 0 Å². The van der Waals surface area contributed by atoms with E-state index in [2.05, 4.69) is 17.2 Å². The number of hydrogen-bond acceptors (Lipinski definition) is 4. The highest BCUT2D eigenvalue weighted by Gasteiger charge is 2.24. The van der Waals surface area contributed by atoms with Gasteiger partial charge in [0.2, 0.25) is 5.82 Å². The van der Waals surface area contributed by atoms with E-state index in [9.17, 15) is 10.1 Å². The van der Waals surface area contributed by atoms with Crippen molar-refractivity contribution in [1.82, 2.24) is 9.78 Å². The van der Waals surface area contributed by atoms with E-state index in [0.717, 1.165) is 11.5 Å². The molecule has 1 aromatic carbocycles. The fourth-order valence-electron chi connectivity index (χ4n) is 2.42. The quantitative estimate of drug-likeness (QED) is 0.684. The number of nitrogens with two attached hydrogens (primary N) is 1. The Morgan fingerprint density at radius 3 is 2.55 bits per heavy atom. The maximum absolute atomic E-state index is 10.9. The molecule has 0 radical (unpaired) electrons. The molecule has 1 aliphatic carbocycles. The van der Waals surface area contributed by atoms with Crippen LogP contribution in [0.4, 0.5) is 11.5 Å². The number of anilines is 1. The Balaban J connectivity index is 1.83. The van der Waals surface area contributed by atoms with Crippen molar-refractivity contribution in [3.63, 3.8) is 0 Å². The van der Waals surface area contributed by atoms with Crippen LogP contribution in [-0.2, 0) is 6.54 Å². The Morgan fingerprint density at radius 2 is 2.05 bits per heavy atom. The molecule has 2 aromatic rings. The molecule has 0 saturated heterocycles. The van der Waals surface area contributed by atoms with Crippen molar-refractivity contribution < 1.29 is 4.92 Å². The summed E-state index contributed by atoms with van der Waals surface area (Å²) in [6.07, 6.45) is 2.55. The summed E-state index contributed by atoms with van der Waals surface area (Å²) in [4.78, 5) is 10.4. The summed E-state index contributed by atoms with van der Waals surface area (Å²) in [6, 6.07) is 8.31. The lowest BCUT2D eigenvalue weighted by atomic mass is 10.1. The van der Waals surface area contributed by atoms with Crippen LogP contribution >= 0.6 is 0 Å². The molecular formula is C14H16N4O2. The first-order chi connectivity index (χ1) is 9.56. The predicted molar refractivity (Wildman–Crippen MR) is 75.5 cm³/mol. The second-order valence-electron chi connectivity index (χ2n) is 5.25. The Kier molecular flexibility index (Phi) is 2.93. The van der Waals surface area contributed by atoms with Crippen LogP contribution in [0.15, 0.2) is 24.3 Å². The maximum Gasteiger partial charge on any atom is 0.333 e. The van der Waals surface area contributed by atoms with Crippen LogP contribution in [0.3, 0.4) is 0 Å². The van der Waals surface area contributed by atoms with E-state index in [0.29, 0.717) is 12.2 Å². The molecule has 0 spiro atoms. The van der Waals surface area contributed by atoms with Crippen LogP contribution in [0.5, 0.6) is 0 Å². The highest BCUT2D eigenvalue weighted by atomic mass is 16.6. The average molecular weight is 272 g/mol. The number of benzene rings is 1. The third-order valence-electron chi connectivity index (χ3n) is 3.68. The smallest absolute Gasteiger partial charge is 0.333 e. The number of rotatable bonds is 4. The van der Waals surface area contributed by atoms with Crippen LogP contribution in [-0.4, -0.2) is 14.7 Å². The molecule has 104 valence electrons. The molecule has 1 saturated carbocycles. The second kappa shape index (κ2) is 4.63. The molecular weight excluding hydrogens is 256 g/mol. The summed E-state index contributed by atoms with van der Waals surface area (Å²) >= 11 is 0. The Bertz CT molecular complexity index is 657. The van der Waals surface area contributed by atoms with Gasteiger partial charge in [-0.05, 0) is 36.8 Å². The predicted octanol–water partition coefficient (Wildman–Crippen LogP) is 2.61. The topological polar surface area (TPSA) is 87.0 Å². The molecule has 6 nitrogen and oxygen atoms in total. The number of nitro groups is 1. The van der Waals surface area contributed by atoms with E-state index in [4.69, 9.17) is 5.73 Å². The van der Waals surface area contributed by atoms with Gasteiger partial charge in [0.1, 0.15) is 5.69 Å². The SMILES string of the molecule is Cc1nn(Cc2ccc(C3CC3)cc2)c(N)c1[N+](=O)[O-]. The molecule has 2 N–H and O–H groups in total. The highest BCUT2D eigenvalue weighted by Crippen LogP contribution is 2.39. The highest BCUT2D eigenvalue weighted by molar-refractivity contribution is 5.56. The van der Waals surface area contributed by atoms with Gasteiger partial charge in [-0.2, -0.15) is 5.10 Å². The van der Waals surface area contributed by atoms with Crippen molar-refractivity contribution in [3.8, 4) is 0 Å². The standard InChI is InChI=1S/C14H16N4O2/c1-9-13(18(19)20)14(15)17(16-9)8-10-2-4-11(5-3-10)12-6-7-12/h2-5,12H,6-8,15H2,1H3. The molecule has 0 aliphatic heterocycles. The van der Waals surface area contributed by atoms with E-state index in [1.54, 1.807) is 6.92 Å². The van der Waals surface area contributed by atoms with Crippen LogP contribution in [0, 0.1) is 17.0 Å². The van der Waals surface area contributed by atoms with E-state index in [1.807, 2.05) is 12.1 Å². The fourth-order valence-corrected chi connectivity index (χ4v) is 2.42. The number of aryl methyl sites for hydroxylation is 1. The van der Waals surface area contributed by atoms with Gasteiger partial charge in [-0.25, -0.2) is 4.68 Å². The number of nitrogens with zero attached hydrogens (tertiary/aromatic N) is 3. The fraction of sp³-hybridized carbons (Fsp3) is 0.357. The molecule has 0 unspecified atom stereocenters. The molecule has 1 aliphatic rings. The van der Waals surface area contributed by atoms with Gasteiger partial charge in [-0.3, -0.25) is 10.1 Å². The zero-order chi connectivity index (χ0) is 14.3. The van der Waals surface area contributed by atoms with Gasteiger partial charge in [0.05, 0.1) is 11.5 Å². The molecule has 0 atom stereocenters. The summed E-state index contributed by atoms with van der Waals surface area (Å²) in [6.45, 7) is 2.05. The largest absolute Gasteiger partial charge is 0.378 e. The van der Waals surface area contributed by atoms with Gasteiger partial charge in [-0.1, -0.05) is 24.3 Å². The summed E-state index contributed by atoms with van der Waals surface area (Å²) in [5, 5.41) is 15.1.